The van der Waals surface area contributed by atoms with Gasteiger partial charge in [0.15, 0.2) is 11.5 Å². The van der Waals surface area contributed by atoms with Crippen LogP contribution in [0.4, 0.5) is 0 Å². The van der Waals surface area contributed by atoms with Crippen LogP contribution in [-0.4, -0.2) is 55.1 Å². The molecule has 2 aliphatic rings. The van der Waals surface area contributed by atoms with E-state index >= 15 is 0 Å². The number of pyridine rings is 1. The van der Waals surface area contributed by atoms with Gasteiger partial charge in [0.05, 0.1) is 30.9 Å². The Labute approximate surface area is 203 Å². The van der Waals surface area contributed by atoms with Crippen molar-refractivity contribution >= 4 is 22.6 Å². The lowest BCUT2D eigenvalue weighted by Gasteiger charge is -2.26. The molecule has 1 saturated heterocycles. The number of amides is 2. The number of rotatable bonds is 7. The van der Waals surface area contributed by atoms with Gasteiger partial charge in [-0.1, -0.05) is 24.3 Å². The van der Waals surface area contributed by atoms with Crippen LogP contribution in [0.15, 0.2) is 41.2 Å². The van der Waals surface area contributed by atoms with Crippen molar-refractivity contribution in [1.82, 2.24) is 14.8 Å². The molecule has 0 saturated carbocycles. The van der Waals surface area contributed by atoms with E-state index in [1.165, 1.54) is 14.2 Å². The summed E-state index contributed by atoms with van der Waals surface area (Å²) in [5.74, 6) is 0.817. The van der Waals surface area contributed by atoms with Crippen molar-refractivity contribution in [2.24, 2.45) is 0 Å². The molecule has 0 radical (unpaired) electrons. The van der Waals surface area contributed by atoms with E-state index in [2.05, 4.69) is 5.32 Å². The number of aryl methyl sites for hydroxylation is 1. The molecule has 2 amide bonds. The summed E-state index contributed by atoms with van der Waals surface area (Å²) in [6.07, 6.45) is 2.88. The molecule has 35 heavy (non-hydrogen) atoms. The minimum absolute atomic E-state index is 0.158. The molecule has 1 N–H and O–H groups in total. The number of carbonyl (C=O) groups is 2. The van der Waals surface area contributed by atoms with Gasteiger partial charge in [0, 0.05) is 43.5 Å². The van der Waals surface area contributed by atoms with Crippen molar-refractivity contribution in [3.63, 3.8) is 0 Å². The highest BCUT2D eigenvalue weighted by atomic mass is 16.5. The summed E-state index contributed by atoms with van der Waals surface area (Å²) < 4.78 is 12.6. The Morgan fingerprint density at radius 3 is 2.46 bits per heavy atom. The quantitative estimate of drug-likeness (QED) is 0.531. The summed E-state index contributed by atoms with van der Waals surface area (Å²) in [5.41, 5.74) is 2.91. The molecule has 1 fully saturated rings. The Kier molecular flexibility index (Phi) is 6.19. The third kappa shape index (κ3) is 4.03. The highest BCUT2D eigenvalue weighted by molar-refractivity contribution is 6.12. The van der Waals surface area contributed by atoms with Gasteiger partial charge >= 0.3 is 0 Å². The van der Waals surface area contributed by atoms with Gasteiger partial charge in [-0.25, -0.2) is 0 Å². The Morgan fingerprint density at radius 1 is 1.00 bits per heavy atom. The summed E-state index contributed by atoms with van der Waals surface area (Å²) in [7, 11) is 3.05. The largest absolute Gasteiger partial charge is 0.493 e. The van der Waals surface area contributed by atoms with Crippen molar-refractivity contribution in [3.8, 4) is 22.8 Å². The Balaban J connectivity index is 1.59. The number of likely N-dealkylation sites (tertiary alicyclic amines) is 1. The van der Waals surface area contributed by atoms with Gasteiger partial charge in [-0.15, -0.1) is 0 Å². The van der Waals surface area contributed by atoms with Gasteiger partial charge in [0.2, 0.25) is 5.91 Å². The number of benzene rings is 2. The monoisotopic (exact) mass is 475 g/mol. The van der Waals surface area contributed by atoms with Crippen molar-refractivity contribution < 1.29 is 19.1 Å². The Hall–Kier alpha value is -3.81. The molecule has 0 aliphatic carbocycles. The van der Waals surface area contributed by atoms with Gasteiger partial charge < -0.3 is 24.3 Å². The van der Waals surface area contributed by atoms with Crippen LogP contribution in [-0.2, 0) is 17.8 Å². The number of nitrogens with zero attached hydrogens (tertiary/aromatic N) is 2. The smallest absolute Gasteiger partial charge is 0.259 e. The molecule has 1 aromatic heterocycles. The van der Waals surface area contributed by atoms with Crippen LogP contribution in [0.1, 0.15) is 35.2 Å². The highest BCUT2D eigenvalue weighted by Crippen LogP contribution is 2.38. The molecule has 8 heteroatoms. The van der Waals surface area contributed by atoms with Crippen molar-refractivity contribution in [3.05, 3.63) is 57.9 Å². The Morgan fingerprint density at radius 2 is 1.74 bits per heavy atom. The number of nitrogens with one attached hydrogen (secondary N) is 1. The first-order valence-electron chi connectivity index (χ1n) is 12.0. The SMILES string of the molecule is COc1cc2c(C(=O)NCCCN3CCCC3=O)c3n(c(=O)c2cc1OC)CCc1ccccc1-3. The minimum Gasteiger partial charge on any atom is -0.493 e. The van der Waals surface area contributed by atoms with Gasteiger partial charge in [-0.2, -0.15) is 0 Å². The molecule has 2 aromatic carbocycles. The second kappa shape index (κ2) is 9.44. The fourth-order valence-electron chi connectivity index (χ4n) is 5.20. The molecule has 3 aromatic rings. The zero-order chi connectivity index (χ0) is 24.5. The van der Waals surface area contributed by atoms with E-state index in [-0.39, 0.29) is 17.4 Å². The fourth-order valence-corrected chi connectivity index (χ4v) is 5.20. The van der Waals surface area contributed by atoms with Crippen LogP contribution in [0.25, 0.3) is 22.0 Å². The molecule has 0 spiro atoms. The minimum atomic E-state index is -0.254. The number of methoxy groups -OCH3 is 2. The van der Waals surface area contributed by atoms with Crippen LogP contribution in [0.3, 0.4) is 0 Å². The van der Waals surface area contributed by atoms with E-state index in [4.69, 9.17) is 9.47 Å². The first kappa shape index (κ1) is 23.0. The second-order valence-corrected chi connectivity index (χ2v) is 8.93. The normalized spacial score (nSPS) is 14.6. The van der Waals surface area contributed by atoms with E-state index in [0.717, 1.165) is 24.1 Å². The zero-order valence-electron chi connectivity index (χ0n) is 20.1. The van der Waals surface area contributed by atoms with Crippen molar-refractivity contribution in [1.29, 1.82) is 0 Å². The first-order chi connectivity index (χ1) is 17.0. The molecule has 182 valence electrons. The summed E-state index contributed by atoms with van der Waals surface area (Å²) in [4.78, 5) is 41.0. The van der Waals surface area contributed by atoms with E-state index in [0.29, 0.717) is 72.4 Å². The molecule has 2 aliphatic heterocycles. The third-order valence-corrected chi connectivity index (χ3v) is 6.94. The van der Waals surface area contributed by atoms with Crippen LogP contribution >= 0.6 is 0 Å². The summed E-state index contributed by atoms with van der Waals surface area (Å²) in [6.45, 7) is 2.33. The average molecular weight is 476 g/mol. The van der Waals surface area contributed by atoms with E-state index in [9.17, 15) is 14.4 Å². The third-order valence-electron chi connectivity index (χ3n) is 6.94. The van der Waals surface area contributed by atoms with E-state index in [1.54, 1.807) is 16.7 Å². The van der Waals surface area contributed by atoms with E-state index in [1.807, 2.05) is 29.2 Å². The summed E-state index contributed by atoms with van der Waals surface area (Å²) >= 11 is 0. The van der Waals surface area contributed by atoms with Crippen LogP contribution < -0.4 is 20.3 Å². The summed E-state index contributed by atoms with van der Waals surface area (Å²) in [5, 5.41) is 3.98. The first-order valence-corrected chi connectivity index (χ1v) is 12.0. The molecule has 0 unspecified atom stereocenters. The molecule has 8 nitrogen and oxygen atoms in total. The number of aromatic nitrogens is 1. The molecule has 5 rings (SSSR count). The molecule has 3 heterocycles. The lowest BCUT2D eigenvalue weighted by atomic mass is 9.91. The standard InChI is InChI=1S/C27H29N3O5/c1-34-21-15-19-20(16-22(21)35-2)27(33)30-14-10-17-7-3-4-8-18(17)25(30)24(19)26(32)28-11-6-13-29-12-5-9-23(29)31/h3-4,7-8,15-16H,5-6,9-14H2,1-2H3,(H,28,32). The van der Waals surface area contributed by atoms with Crippen LogP contribution in [0, 0.1) is 0 Å². The lowest BCUT2D eigenvalue weighted by Crippen LogP contribution is -2.34. The summed E-state index contributed by atoms with van der Waals surface area (Å²) in [6, 6.07) is 11.3. The maximum Gasteiger partial charge on any atom is 0.259 e. The van der Waals surface area contributed by atoms with Gasteiger partial charge in [-0.3, -0.25) is 14.4 Å². The molecule has 0 bridgehead atoms. The zero-order valence-corrected chi connectivity index (χ0v) is 20.1. The molecular formula is C27H29N3O5. The second-order valence-electron chi connectivity index (χ2n) is 8.93. The number of hydrogen-bond acceptors (Lipinski definition) is 5. The maximum atomic E-state index is 13.7. The van der Waals surface area contributed by atoms with Gasteiger partial charge in [0.25, 0.3) is 11.5 Å². The maximum absolute atomic E-state index is 13.7. The van der Waals surface area contributed by atoms with Crippen LogP contribution in [0.5, 0.6) is 11.5 Å². The van der Waals surface area contributed by atoms with Crippen molar-refractivity contribution in [2.75, 3.05) is 33.9 Å². The number of hydrogen-bond donors (Lipinski definition) is 1. The highest BCUT2D eigenvalue weighted by Gasteiger charge is 2.28. The number of ether oxygens (including phenoxy) is 2. The number of fused-ring (bicyclic) bond motifs is 4. The van der Waals surface area contributed by atoms with E-state index < -0.39 is 0 Å². The predicted molar refractivity (Wildman–Crippen MR) is 133 cm³/mol. The predicted octanol–water partition coefficient (Wildman–Crippen LogP) is 2.98. The van der Waals surface area contributed by atoms with Crippen molar-refractivity contribution in [2.45, 2.75) is 32.2 Å². The molecule has 0 atom stereocenters. The fraction of sp³-hybridized carbons (Fsp3) is 0.370. The molecular weight excluding hydrogens is 446 g/mol. The average Bonchev–Trinajstić information content (AvgIpc) is 3.30. The lowest BCUT2D eigenvalue weighted by molar-refractivity contribution is -0.127. The van der Waals surface area contributed by atoms with Gasteiger partial charge in [-0.05, 0) is 37.0 Å². The number of carbonyl (C=O) groups excluding carboxylic acids is 2. The Bertz CT molecular complexity index is 1380. The topological polar surface area (TPSA) is 89.9 Å². The van der Waals surface area contributed by atoms with Gasteiger partial charge in [0.1, 0.15) is 0 Å². The van der Waals surface area contributed by atoms with Crippen LogP contribution in [0.2, 0.25) is 0 Å².